The number of phenols is 2. The Hall–Kier alpha value is -10.9. The first-order valence-electron chi connectivity index (χ1n) is 44.0. The number of likely N-dealkylation sites (N-methyl/N-ethyl adjacent to an activating group) is 1. The lowest BCUT2D eigenvalue weighted by atomic mass is 9.86. The summed E-state index contributed by atoms with van der Waals surface area (Å²) in [4.78, 5) is 135. The minimum atomic E-state index is -4.19. The highest BCUT2D eigenvalue weighted by molar-refractivity contribution is 7.89. The summed E-state index contributed by atoms with van der Waals surface area (Å²) in [5, 5.41) is 131. The largest absolute Gasteiger partial charge is 0.507 e. The number of nitrogens with two attached hydrogens (primary N) is 2. The predicted molar refractivity (Wildman–Crippen MR) is 474 cm³/mol. The first-order chi connectivity index (χ1) is 62.7. The van der Waals surface area contributed by atoms with Crippen molar-refractivity contribution in [3.05, 3.63) is 135 Å². The molecular formula is C90H119ClN12O28S. The van der Waals surface area contributed by atoms with Gasteiger partial charge in [0, 0.05) is 61.2 Å². The van der Waals surface area contributed by atoms with Gasteiger partial charge in [-0.25, -0.2) is 22.7 Å². The average Bonchev–Trinajstić information content (AvgIpc) is 0.753. The first-order valence-corrected chi connectivity index (χ1v) is 45.9. The zero-order valence-electron chi connectivity index (χ0n) is 74.3. The second-order valence-electron chi connectivity index (χ2n) is 34.3. The molecule has 1 aliphatic carbocycles. The highest BCUT2D eigenvalue weighted by Gasteiger charge is 2.52. The third-order valence-corrected chi connectivity index (χ3v) is 25.4. The number of carboxylic acid groups (broad SMARTS) is 1. The molecule has 23 N–H and O–H groups in total. The van der Waals surface area contributed by atoms with Crippen LogP contribution < -0.4 is 87.7 Å². The van der Waals surface area contributed by atoms with Gasteiger partial charge >= 0.3 is 12.1 Å². The smallest absolute Gasteiger partial charge is 0.412 e. The van der Waals surface area contributed by atoms with Crippen LogP contribution in [0.25, 0.3) is 11.1 Å². The molecule has 0 spiro atoms. The van der Waals surface area contributed by atoms with E-state index in [2.05, 4.69) is 59.5 Å². The lowest BCUT2D eigenvalue weighted by Crippen LogP contribution is -2.64. The van der Waals surface area contributed by atoms with Gasteiger partial charge in [-0.05, 0) is 154 Å². The van der Waals surface area contributed by atoms with Crippen molar-refractivity contribution in [2.45, 2.75) is 259 Å². The number of primary amides is 1. The van der Waals surface area contributed by atoms with Crippen molar-refractivity contribution in [1.82, 2.24) is 52.6 Å². The molecule has 2 fully saturated rings. The van der Waals surface area contributed by atoms with E-state index in [4.69, 9.17) is 61.0 Å². The molecule has 0 unspecified atom stereocenters. The minimum absolute atomic E-state index is 0.0349. The standard InChI is InChI=1S/C90H119ClN12O28S/c1-9-11-13-14-15-16-28-96-89(121)129-61-38-53-67(75(109)54(61)41-95-29-30-97-132(122,123)51-23-21-50(22-24-51)124-31-17-12-10-2)52-34-46(18-25-58(52)105)68-83(115)103-72(86(118)101-70(53)87(119)120)74(108)48-20-27-60(55(91)35-48)127-63-37-49-36-62(78(63)131-88-79(77(111)76(110)64(42-104)128-88)130-66-40-90(7,93)80(112)45(6)125-66)126-59-26-19-47(33-44(59)5)73(107)71(102-81(113)56(94-8)32-43(3)4)85(117)98-57(39-65(92)106)82(114)99-69(49)84(116)100-68/h18,20-25,27,33-38,43,45,56-57,64,66,68-74,76-77,79-80,88,94-95,97,104-105,107-112H,9-17,19,26,28-32,39-42,93H2,1-8H3,(H2,92,106)(H,96,121)(H,98,117)(H,99,114)(H,100,116)(H,101,118)(H,102,113)(H,103,115)(H,119,120)/t45-,56+,57-,64+,66-,68+,69+,70-,71+,72-,73+,74+,76+,77-,79+,80+,88-,90-/m0/s1. The van der Waals surface area contributed by atoms with Crippen molar-refractivity contribution in [3.8, 4) is 57.1 Å². The fraction of sp³-hybridized carbons (Fsp3) is 0.522. The van der Waals surface area contributed by atoms with Gasteiger partial charge in [0.1, 0.15) is 95.2 Å². The Morgan fingerprint density at radius 1 is 0.735 bits per heavy atom. The van der Waals surface area contributed by atoms with Gasteiger partial charge in [-0.15, -0.1) is 0 Å². The number of hydrogen-bond acceptors (Lipinski definition) is 30. The fourth-order valence-electron chi connectivity index (χ4n) is 16.4. The molecule has 11 bridgehead atoms. The van der Waals surface area contributed by atoms with Crippen LogP contribution in [0, 0.1) is 5.92 Å². The van der Waals surface area contributed by atoms with Gasteiger partial charge in [0.25, 0.3) is 0 Å². The quantitative estimate of drug-likeness (QED) is 0.0266. The van der Waals surface area contributed by atoms with Crippen LogP contribution in [0.5, 0.6) is 46.0 Å². The maximum atomic E-state index is 16.6. The number of nitrogens with one attached hydrogen (secondary N) is 10. The Bertz CT molecular complexity index is 5220. The number of benzene rings is 5. The van der Waals surface area contributed by atoms with Crippen molar-refractivity contribution >= 4 is 75.0 Å². The Morgan fingerprint density at radius 3 is 2.08 bits per heavy atom. The number of aliphatic hydroxyl groups excluding tert-OH is 6. The number of aromatic hydroxyl groups is 2. The van der Waals surface area contributed by atoms with Gasteiger partial charge < -0.3 is 143 Å². The monoisotopic (exact) mass is 1880 g/mol. The molecule has 5 aromatic rings. The molecule has 7 heterocycles. The number of unbranched alkanes of at least 4 members (excludes halogenated alkanes) is 7. The number of carboxylic acids is 1. The Kier molecular flexibility index (Phi) is 34.8. The predicted octanol–water partition coefficient (Wildman–Crippen LogP) is 3.74. The summed E-state index contributed by atoms with van der Waals surface area (Å²) in [6.07, 6.45) is -11.0. The molecule has 42 heteroatoms. The highest BCUT2D eigenvalue weighted by atomic mass is 35.5. The number of sulfonamides is 1. The number of amides is 8. The maximum absolute atomic E-state index is 16.6. The van der Waals surface area contributed by atoms with E-state index in [-0.39, 0.29) is 84.2 Å². The highest BCUT2D eigenvalue weighted by Crippen LogP contribution is 2.51. The summed E-state index contributed by atoms with van der Waals surface area (Å²) in [5.41, 5.74) is 7.96. The second kappa shape index (κ2) is 45.2. The molecular weight excluding hydrogens is 1760 g/mol. The van der Waals surface area contributed by atoms with Crippen molar-refractivity contribution in [1.29, 1.82) is 0 Å². The van der Waals surface area contributed by atoms with Crippen LogP contribution >= 0.6 is 11.6 Å². The van der Waals surface area contributed by atoms with E-state index < -0.39 is 265 Å². The molecule has 0 radical (unpaired) electrons. The molecule has 18 atom stereocenters. The van der Waals surface area contributed by atoms with Crippen LogP contribution in [0.4, 0.5) is 4.79 Å². The number of allylic oxidation sites excluding steroid dienone is 3. The summed E-state index contributed by atoms with van der Waals surface area (Å²) >= 11 is 7.24. The molecule has 720 valence electrons. The first kappa shape index (κ1) is 102. The number of carbonyl (C=O) groups is 9. The van der Waals surface area contributed by atoms with Crippen LogP contribution in [-0.2, 0) is 69.1 Å². The van der Waals surface area contributed by atoms with Crippen LogP contribution in [0.1, 0.15) is 190 Å². The SMILES string of the molecule is CCCCCCCCNC(=O)Oc1cc2c(c(O)c1CNCCNS(=O)(=O)c1ccc(OCCCCC)cc1)-c1cc(ccc1O)[C@H]1NC(=O)[C@@H]3NC(=O)[C@H](CC(N)=O)NC(=O)[C@H](NC(=O)[C@@H](CC(C)C)NC)[C@H](O)C4=CC(C)=C(CC4)Oc4cc3cc(c4O[C@@H]3O[C@H](CO)[C@@H](O)[C@H](O)[C@H]3O[C@H]3C[C@](C)(N)[C@H](O)[C@H](C)O3)Oc3ccc(cc3Cl)[C@@H](O)[C@H](NC1=O)C(=O)N[C@@H]2C(=O)O. The number of ether oxygens (including phenoxy) is 8. The summed E-state index contributed by atoms with van der Waals surface area (Å²) in [6.45, 7) is 10.7. The molecule has 40 nitrogen and oxygen atoms in total. The third-order valence-electron chi connectivity index (χ3n) is 23.7. The third kappa shape index (κ3) is 24.8. The lowest BCUT2D eigenvalue weighted by molar-refractivity contribution is -0.333. The number of halogens is 1. The number of phenolic OH excluding ortho intramolecular Hbond substituents is 2. The molecule has 5 aromatic carbocycles. The zero-order chi connectivity index (χ0) is 95.9. The van der Waals surface area contributed by atoms with Crippen LogP contribution in [0.2, 0.25) is 5.02 Å². The van der Waals surface area contributed by atoms with E-state index in [1.54, 1.807) is 6.92 Å². The van der Waals surface area contributed by atoms with Gasteiger partial charge in [0.15, 0.2) is 29.9 Å². The second-order valence-corrected chi connectivity index (χ2v) is 36.4. The Labute approximate surface area is 767 Å². The Morgan fingerprint density at radius 2 is 1.41 bits per heavy atom. The van der Waals surface area contributed by atoms with Gasteiger partial charge in [0.2, 0.25) is 63.4 Å². The van der Waals surface area contributed by atoms with E-state index in [0.29, 0.717) is 25.2 Å². The fourth-order valence-corrected chi connectivity index (χ4v) is 17.6. The number of fused-ring (bicyclic) bond motifs is 15. The molecule has 132 heavy (non-hydrogen) atoms. The number of hydrogen-bond donors (Lipinski definition) is 21. The lowest BCUT2D eigenvalue weighted by Gasteiger charge is -2.47. The zero-order valence-corrected chi connectivity index (χ0v) is 75.9. The van der Waals surface area contributed by atoms with E-state index in [1.165, 1.54) is 51.2 Å². The topological polar surface area (TPSA) is 616 Å². The molecule has 0 aromatic heterocycles. The summed E-state index contributed by atoms with van der Waals surface area (Å²) in [5.74, 6) is -15.2. The van der Waals surface area contributed by atoms with E-state index in [1.807, 2.05) is 20.8 Å². The van der Waals surface area contributed by atoms with Gasteiger partial charge in [0.05, 0.1) is 53.4 Å². The summed E-state index contributed by atoms with van der Waals surface area (Å²) in [6, 6.07) is 0.604. The van der Waals surface area contributed by atoms with Gasteiger partial charge in [-0.2, -0.15) is 0 Å². The van der Waals surface area contributed by atoms with Crippen molar-refractivity contribution in [2.24, 2.45) is 17.4 Å². The molecule has 7 aliphatic heterocycles. The van der Waals surface area contributed by atoms with Crippen molar-refractivity contribution in [3.63, 3.8) is 0 Å². The van der Waals surface area contributed by atoms with Crippen LogP contribution in [0.3, 0.4) is 0 Å². The van der Waals surface area contributed by atoms with E-state index >= 15 is 24.0 Å². The number of carbonyl (C=O) groups excluding carboxylic acids is 8. The van der Waals surface area contributed by atoms with E-state index in [0.717, 1.165) is 99.5 Å². The van der Waals surface area contributed by atoms with Crippen molar-refractivity contribution in [2.75, 3.05) is 39.9 Å². The average molecular weight is 1880 g/mol. The maximum Gasteiger partial charge on any atom is 0.412 e. The van der Waals surface area contributed by atoms with Gasteiger partial charge in [-0.1, -0.05) is 102 Å². The molecule has 2 saturated heterocycles. The molecule has 8 amide bonds. The Balaban J connectivity index is 1.11. The number of rotatable bonds is 33. The molecule has 8 aliphatic rings. The molecule has 0 saturated carbocycles. The normalized spacial score (nSPS) is 26.0. The van der Waals surface area contributed by atoms with Crippen LogP contribution in [-0.4, -0.2) is 233 Å². The minimum Gasteiger partial charge on any atom is -0.507 e. The van der Waals surface area contributed by atoms with Crippen molar-refractivity contribution < 1.29 is 135 Å². The summed E-state index contributed by atoms with van der Waals surface area (Å²) in [7, 11) is -2.70. The van der Waals surface area contributed by atoms with Crippen LogP contribution in [0.15, 0.2) is 107 Å². The molecule has 13 rings (SSSR count). The summed E-state index contributed by atoms with van der Waals surface area (Å²) < 4.78 is 80.8. The number of aliphatic hydroxyl groups is 6. The van der Waals surface area contributed by atoms with Gasteiger partial charge in [-0.3, -0.25) is 33.6 Å². The number of aliphatic carboxylic acids is 1. The van der Waals surface area contributed by atoms with E-state index in [9.17, 15) is 73.6 Å².